The van der Waals surface area contributed by atoms with Crippen LogP contribution in [0.2, 0.25) is 0 Å². The van der Waals surface area contributed by atoms with Crippen molar-refractivity contribution in [3.8, 4) is 0 Å². The van der Waals surface area contributed by atoms with Gasteiger partial charge in [-0.2, -0.15) is 0 Å². The Kier molecular flexibility index (Phi) is 2.87. The molecule has 2 atom stereocenters. The molecule has 5 heteroatoms. The van der Waals surface area contributed by atoms with Crippen LogP contribution in [0.25, 0.3) is 0 Å². The van der Waals surface area contributed by atoms with Crippen LogP contribution in [0.1, 0.15) is 10.8 Å². The lowest BCUT2D eigenvalue weighted by atomic mass is 10.1. The molecule has 2 rings (SSSR count). The topological polar surface area (TPSA) is 46.2 Å². The number of likely N-dealkylation sites (N-methyl/N-ethyl adjacent to an activating group) is 1. The van der Waals surface area contributed by atoms with Crippen molar-refractivity contribution >= 4 is 25.8 Å². The molecule has 1 saturated heterocycles. The van der Waals surface area contributed by atoms with E-state index in [2.05, 4.69) is 21.2 Å². The van der Waals surface area contributed by atoms with E-state index in [1.165, 1.54) is 0 Å². The molecule has 1 fully saturated rings. The summed E-state index contributed by atoms with van der Waals surface area (Å²) in [7, 11) is -1.16. The van der Waals surface area contributed by atoms with Gasteiger partial charge < -0.3 is 5.32 Å². The first kappa shape index (κ1) is 11.1. The third-order valence-corrected chi connectivity index (χ3v) is 5.65. The van der Waals surface area contributed by atoms with Crippen LogP contribution >= 0.6 is 15.9 Å². The predicted octanol–water partition coefficient (Wildman–Crippen LogP) is 1.51. The van der Waals surface area contributed by atoms with E-state index >= 15 is 0 Å². The number of hydrogen-bond acceptors (Lipinski definition) is 3. The molecule has 1 aromatic carbocycles. The molecule has 0 amide bonds. The molecular weight excluding hydrogens is 278 g/mol. The summed E-state index contributed by atoms with van der Waals surface area (Å²) in [6, 6.07) is 7.51. The molecule has 0 spiro atoms. The third-order valence-electron chi connectivity index (χ3n) is 2.75. The monoisotopic (exact) mass is 289 g/mol. The first-order valence-electron chi connectivity index (χ1n) is 4.69. The van der Waals surface area contributed by atoms with Gasteiger partial charge in [0.05, 0.1) is 5.75 Å². The molecule has 1 N–H and O–H groups in total. The van der Waals surface area contributed by atoms with Crippen LogP contribution in [-0.4, -0.2) is 27.3 Å². The van der Waals surface area contributed by atoms with Crippen LogP contribution in [0.4, 0.5) is 0 Å². The molecule has 1 aliphatic heterocycles. The van der Waals surface area contributed by atoms with Crippen LogP contribution in [0, 0.1) is 0 Å². The van der Waals surface area contributed by atoms with Gasteiger partial charge in [-0.15, -0.1) is 0 Å². The zero-order valence-electron chi connectivity index (χ0n) is 8.27. The normalized spacial score (nSPS) is 28.4. The average molecular weight is 290 g/mol. The summed E-state index contributed by atoms with van der Waals surface area (Å²) < 4.78 is 24.2. The van der Waals surface area contributed by atoms with Crippen molar-refractivity contribution in [2.75, 3.05) is 12.8 Å². The van der Waals surface area contributed by atoms with Gasteiger partial charge in [-0.1, -0.05) is 34.1 Å². The summed E-state index contributed by atoms with van der Waals surface area (Å²) in [5, 5.41) is 2.63. The van der Waals surface area contributed by atoms with Gasteiger partial charge in [-0.3, -0.25) is 0 Å². The number of halogens is 1. The molecule has 0 radical (unpaired) electrons. The van der Waals surface area contributed by atoms with Gasteiger partial charge in [0, 0.05) is 10.5 Å². The van der Waals surface area contributed by atoms with Crippen molar-refractivity contribution in [1.29, 1.82) is 0 Å². The molecule has 0 saturated carbocycles. The Morgan fingerprint density at radius 1 is 1.40 bits per heavy atom. The van der Waals surface area contributed by atoms with E-state index < -0.39 is 15.1 Å². The number of hydrogen-bond donors (Lipinski definition) is 1. The third kappa shape index (κ3) is 1.84. The van der Waals surface area contributed by atoms with Crippen molar-refractivity contribution in [3.05, 3.63) is 34.3 Å². The zero-order valence-corrected chi connectivity index (χ0v) is 10.7. The van der Waals surface area contributed by atoms with Gasteiger partial charge >= 0.3 is 0 Å². The van der Waals surface area contributed by atoms with E-state index in [9.17, 15) is 8.42 Å². The summed E-state index contributed by atoms with van der Waals surface area (Å²) in [5.41, 5.74) is 0.850. The van der Waals surface area contributed by atoms with Crippen molar-refractivity contribution < 1.29 is 8.42 Å². The Balaban J connectivity index is 2.42. The molecule has 3 nitrogen and oxygen atoms in total. The van der Waals surface area contributed by atoms with Crippen LogP contribution in [-0.2, 0) is 9.84 Å². The maximum atomic E-state index is 11.7. The molecule has 1 heterocycles. The quantitative estimate of drug-likeness (QED) is 0.898. The van der Waals surface area contributed by atoms with Gasteiger partial charge in [0.1, 0.15) is 5.25 Å². The van der Waals surface area contributed by atoms with Gasteiger partial charge in [0.25, 0.3) is 0 Å². The summed E-state index contributed by atoms with van der Waals surface area (Å²) in [5.74, 6) is 0.232. The first-order valence-corrected chi connectivity index (χ1v) is 7.20. The minimum Gasteiger partial charge on any atom is -0.314 e. The summed E-state index contributed by atoms with van der Waals surface area (Å²) in [4.78, 5) is 0. The van der Waals surface area contributed by atoms with E-state index in [1.54, 1.807) is 7.05 Å². The second-order valence-electron chi connectivity index (χ2n) is 3.67. The van der Waals surface area contributed by atoms with Gasteiger partial charge in [-0.05, 0) is 18.7 Å². The maximum absolute atomic E-state index is 11.7. The Labute approximate surface area is 97.9 Å². The minimum absolute atomic E-state index is 0.0358. The van der Waals surface area contributed by atoms with Crippen molar-refractivity contribution in [2.24, 2.45) is 0 Å². The van der Waals surface area contributed by atoms with E-state index in [0.717, 1.165) is 10.0 Å². The number of sulfone groups is 1. The van der Waals surface area contributed by atoms with Gasteiger partial charge in [0.2, 0.25) is 0 Å². The maximum Gasteiger partial charge on any atom is 0.160 e. The second kappa shape index (κ2) is 3.88. The Morgan fingerprint density at radius 2 is 2.07 bits per heavy atom. The average Bonchev–Trinajstić information content (AvgIpc) is 2.18. The first-order chi connectivity index (χ1) is 7.06. The Hall–Kier alpha value is -0.390. The van der Waals surface area contributed by atoms with Crippen molar-refractivity contribution in [2.45, 2.75) is 11.3 Å². The number of nitrogens with one attached hydrogen (secondary N) is 1. The molecule has 0 aromatic heterocycles. The van der Waals surface area contributed by atoms with Gasteiger partial charge in [-0.25, -0.2) is 8.42 Å². The zero-order chi connectivity index (χ0) is 11.1. The van der Waals surface area contributed by atoms with E-state index in [-0.39, 0.29) is 11.8 Å². The summed E-state index contributed by atoms with van der Waals surface area (Å²) in [6.45, 7) is 0. The van der Waals surface area contributed by atoms with Crippen molar-refractivity contribution in [1.82, 2.24) is 5.32 Å². The molecule has 0 bridgehead atoms. The number of benzene rings is 1. The van der Waals surface area contributed by atoms with Crippen LogP contribution in [0.3, 0.4) is 0 Å². The lowest BCUT2D eigenvalue weighted by Crippen LogP contribution is -2.52. The molecule has 15 heavy (non-hydrogen) atoms. The molecule has 0 aliphatic carbocycles. The number of rotatable bonds is 2. The lowest BCUT2D eigenvalue weighted by molar-refractivity contribution is 0.482. The fraction of sp³-hybridized carbons (Fsp3) is 0.400. The predicted molar refractivity (Wildman–Crippen MR) is 63.5 cm³/mol. The SMILES string of the molecule is CNC1CS(=O)(=O)C1c1ccccc1Br. The highest BCUT2D eigenvalue weighted by Crippen LogP contribution is 2.39. The minimum atomic E-state index is -2.95. The Bertz CT molecular complexity index is 472. The highest BCUT2D eigenvalue weighted by Gasteiger charge is 2.46. The summed E-state index contributed by atoms with van der Waals surface area (Å²) >= 11 is 3.39. The second-order valence-corrected chi connectivity index (χ2v) is 6.69. The smallest absolute Gasteiger partial charge is 0.160 e. The van der Waals surface area contributed by atoms with Crippen LogP contribution in [0.15, 0.2) is 28.7 Å². The molecular formula is C10H12BrNO2S. The Morgan fingerprint density at radius 3 is 2.60 bits per heavy atom. The molecule has 1 aromatic rings. The van der Waals surface area contributed by atoms with Crippen LogP contribution in [0.5, 0.6) is 0 Å². The summed E-state index contributed by atoms with van der Waals surface area (Å²) in [6.07, 6.45) is 0. The molecule has 1 aliphatic rings. The van der Waals surface area contributed by atoms with E-state index in [1.807, 2.05) is 24.3 Å². The fourth-order valence-corrected chi connectivity index (χ4v) is 4.64. The standard InChI is InChI=1S/C10H12BrNO2S/c1-12-9-6-15(13,14)10(9)7-4-2-3-5-8(7)11/h2-5,9-10,12H,6H2,1H3. The van der Waals surface area contributed by atoms with E-state index in [4.69, 9.17) is 0 Å². The van der Waals surface area contributed by atoms with Crippen LogP contribution < -0.4 is 5.32 Å². The van der Waals surface area contributed by atoms with Gasteiger partial charge in [0.15, 0.2) is 9.84 Å². The lowest BCUT2D eigenvalue weighted by Gasteiger charge is -2.36. The highest BCUT2D eigenvalue weighted by molar-refractivity contribution is 9.10. The fourth-order valence-electron chi connectivity index (χ4n) is 1.92. The molecule has 2 unspecified atom stereocenters. The molecule has 82 valence electrons. The van der Waals surface area contributed by atoms with Crippen molar-refractivity contribution in [3.63, 3.8) is 0 Å². The largest absolute Gasteiger partial charge is 0.314 e. The van der Waals surface area contributed by atoms with E-state index in [0.29, 0.717) is 0 Å². The highest BCUT2D eigenvalue weighted by atomic mass is 79.9.